The molecular weight excluding hydrogens is 372 g/mol. The van der Waals surface area contributed by atoms with Gasteiger partial charge in [0.2, 0.25) is 0 Å². The fourth-order valence-corrected chi connectivity index (χ4v) is 4.00. The van der Waals surface area contributed by atoms with Gasteiger partial charge in [0.1, 0.15) is 23.7 Å². The van der Waals surface area contributed by atoms with Gasteiger partial charge < -0.3 is 14.2 Å². The van der Waals surface area contributed by atoms with Gasteiger partial charge in [-0.1, -0.05) is 0 Å². The first-order valence-corrected chi connectivity index (χ1v) is 9.47. The van der Waals surface area contributed by atoms with Crippen molar-refractivity contribution in [1.82, 2.24) is 39.6 Å². The fourth-order valence-electron chi connectivity index (χ4n) is 4.00. The summed E-state index contributed by atoms with van der Waals surface area (Å²) in [5.41, 5.74) is 1.59. The van der Waals surface area contributed by atoms with Crippen LogP contribution < -0.4 is 0 Å². The number of amides is 1. The highest BCUT2D eigenvalue weighted by molar-refractivity contribution is 5.92. The number of aryl methyl sites for hydroxylation is 2. The molecule has 1 spiro atoms. The number of carbonyl (C=O) groups is 1. The molecule has 0 bridgehead atoms. The first kappa shape index (κ1) is 17.8. The Kier molecular flexibility index (Phi) is 4.09. The molecule has 0 radical (unpaired) electrons. The molecule has 1 atom stereocenters. The Morgan fingerprint density at radius 3 is 2.83 bits per heavy atom. The fraction of sp³-hybridized carbons (Fsp3) is 0.421. The number of nitrogens with zero attached hydrogens (tertiary/aromatic N) is 8. The van der Waals surface area contributed by atoms with Gasteiger partial charge in [0.05, 0.1) is 30.5 Å². The maximum absolute atomic E-state index is 12.8. The summed E-state index contributed by atoms with van der Waals surface area (Å²) in [6.07, 6.45) is 7.09. The zero-order valence-electron chi connectivity index (χ0n) is 16.2. The van der Waals surface area contributed by atoms with Crippen molar-refractivity contribution < 1.29 is 9.53 Å². The van der Waals surface area contributed by atoms with Crippen LogP contribution in [0.15, 0.2) is 24.8 Å². The third-order valence-corrected chi connectivity index (χ3v) is 5.51. The first-order valence-electron chi connectivity index (χ1n) is 9.47. The lowest BCUT2D eigenvalue weighted by Gasteiger charge is -2.34. The Bertz CT molecular complexity index is 1080. The van der Waals surface area contributed by atoms with Gasteiger partial charge in [-0.15, -0.1) is 10.2 Å². The van der Waals surface area contributed by atoms with Crippen molar-refractivity contribution in [1.29, 1.82) is 0 Å². The van der Waals surface area contributed by atoms with E-state index in [4.69, 9.17) is 4.74 Å². The Morgan fingerprint density at radius 2 is 2.03 bits per heavy atom. The average Bonchev–Trinajstić information content (AvgIpc) is 3.33. The predicted octanol–water partition coefficient (Wildman–Crippen LogP) is 0.957. The van der Waals surface area contributed by atoms with Crippen molar-refractivity contribution in [3.05, 3.63) is 47.8 Å². The highest BCUT2D eigenvalue weighted by Gasteiger charge is 2.45. The second-order valence-corrected chi connectivity index (χ2v) is 7.48. The van der Waals surface area contributed by atoms with Crippen LogP contribution in [0.5, 0.6) is 0 Å². The van der Waals surface area contributed by atoms with Crippen LogP contribution in [0.2, 0.25) is 0 Å². The Labute approximate surface area is 167 Å². The van der Waals surface area contributed by atoms with Crippen LogP contribution in [0.3, 0.4) is 0 Å². The van der Waals surface area contributed by atoms with Crippen molar-refractivity contribution >= 4 is 5.91 Å². The quantitative estimate of drug-likeness (QED) is 0.634. The van der Waals surface area contributed by atoms with Crippen molar-refractivity contribution in [2.75, 3.05) is 13.1 Å². The molecule has 10 heteroatoms. The lowest BCUT2D eigenvalue weighted by molar-refractivity contribution is -0.0805. The van der Waals surface area contributed by atoms with Gasteiger partial charge in [0, 0.05) is 25.1 Å². The van der Waals surface area contributed by atoms with Crippen molar-refractivity contribution in [3.8, 4) is 11.4 Å². The molecule has 2 aliphatic heterocycles. The van der Waals surface area contributed by atoms with Gasteiger partial charge in [-0.3, -0.25) is 9.78 Å². The summed E-state index contributed by atoms with van der Waals surface area (Å²) in [7, 11) is 0. The summed E-state index contributed by atoms with van der Waals surface area (Å²) >= 11 is 0. The molecule has 1 saturated heterocycles. The number of ether oxygens (including phenoxy) is 1. The van der Waals surface area contributed by atoms with E-state index in [9.17, 15) is 4.79 Å². The lowest BCUT2D eigenvalue weighted by Crippen LogP contribution is -2.45. The van der Waals surface area contributed by atoms with E-state index < -0.39 is 5.60 Å². The van der Waals surface area contributed by atoms with E-state index >= 15 is 0 Å². The van der Waals surface area contributed by atoms with E-state index in [1.54, 1.807) is 17.3 Å². The zero-order chi connectivity index (χ0) is 20.0. The zero-order valence-corrected chi connectivity index (χ0v) is 16.2. The molecule has 0 saturated carbocycles. The summed E-state index contributed by atoms with van der Waals surface area (Å²) in [5, 5.41) is 8.66. The topological polar surface area (TPSA) is 112 Å². The number of fused-ring (bicyclic) bond motifs is 1. The highest BCUT2D eigenvalue weighted by atomic mass is 16.5. The molecule has 0 aromatic carbocycles. The number of likely N-dealkylation sites (tertiary alicyclic amines) is 1. The molecule has 1 unspecified atom stereocenters. The minimum absolute atomic E-state index is 0.129. The van der Waals surface area contributed by atoms with Crippen molar-refractivity contribution in [2.24, 2.45) is 0 Å². The molecule has 5 heterocycles. The molecule has 0 aliphatic carbocycles. The summed E-state index contributed by atoms with van der Waals surface area (Å²) in [5.74, 6) is 2.10. The van der Waals surface area contributed by atoms with Gasteiger partial charge >= 0.3 is 0 Å². The Hall–Kier alpha value is -3.27. The lowest BCUT2D eigenvalue weighted by atomic mass is 10.0. The van der Waals surface area contributed by atoms with E-state index in [0.717, 1.165) is 35.2 Å². The largest absolute Gasteiger partial charge is 0.363 e. The number of aromatic nitrogens is 7. The third-order valence-electron chi connectivity index (χ3n) is 5.51. The van der Waals surface area contributed by atoms with Crippen LogP contribution in [0, 0.1) is 13.8 Å². The van der Waals surface area contributed by atoms with E-state index in [2.05, 4.69) is 34.7 Å². The molecule has 10 nitrogen and oxygen atoms in total. The standard InChI is InChI=1S/C19H20N8O2/c1-12-14(7-22-13(2)23-12)17-25-24-16-9-29-19(11-27(16)17)3-6-26(10-19)18(28)15-8-20-4-5-21-15/h4-5,7-8H,3,6,9-11H2,1-2H3. The van der Waals surface area contributed by atoms with E-state index in [-0.39, 0.29) is 5.91 Å². The molecular formula is C19H20N8O2. The van der Waals surface area contributed by atoms with Gasteiger partial charge in [0.25, 0.3) is 5.91 Å². The normalized spacial score (nSPS) is 20.8. The molecule has 2 aliphatic rings. The highest BCUT2D eigenvalue weighted by Crippen LogP contribution is 2.35. The maximum atomic E-state index is 12.8. The van der Waals surface area contributed by atoms with Crippen LogP contribution >= 0.6 is 0 Å². The van der Waals surface area contributed by atoms with Gasteiger partial charge in [-0.05, 0) is 20.3 Å². The smallest absolute Gasteiger partial charge is 0.274 e. The molecule has 3 aromatic rings. The number of hydrogen-bond donors (Lipinski definition) is 0. The van der Waals surface area contributed by atoms with Crippen molar-refractivity contribution in [3.63, 3.8) is 0 Å². The number of carbonyl (C=O) groups excluding carboxylic acids is 1. The van der Waals surface area contributed by atoms with E-state index in [1.165, 1.54) is 12.4 Å². The minimum atomic E-state index is -0.471. The van der Waals surface area contributed by atoms with Gasteiger partial charge in [0.15, 0.2) is 11.6 Å². The van der Waals surface area contributed by atoms with Crippen molar-refractivity contribution in [2.45, 2.75) is 39.0 Å². The van der Waals surface area contributed by atoms with Gasteiger partial charge in [-0.25, -0.2) is 15.0 Å². The molecule has 1 amide bonds. The minimum Gasteiger partial charge on any atom is -0.363 e. The maximum Gasteiger partial charge on any atom is 0.274 e. The monoisotopic (exact) mass is 392 g/mol. The molecule has 5 rings (SSSR count). The number of hydrogen-bond acceptors (Lipinski definition) is 8. The molecule has 1 fully saturated rings. The second kappa shape index (κ2) is 6.66. The molecule has 0 N–H and O–H groups in total. The third kappa shape index (κ3) is 3.05. The van der Waals surface area contributed by atoms with E-state index in [0.29, 0.717) is 31.9 Å². The Balaban J connectivity index is 1.41. The average molecular weight is 392 g/mol. The van der Waals surface area contributed by atoms with Crippen LogP contribution in [0.4, 0.5) is 0 Å². The second-order valence-electron chi connectivity index (χ2n) is 7.48. The van der Waals surface area contributed by atoms with Crippen LogP contribution in [-0.2, 0) is 17.9 Å². The summed E-state index contributed by atoms with van der Waals surface area (Å²) in [6, 6.07) is 0. The van der Waals surface area contributed by atoms with E-state index in [1.807, 2.05) is 13.8 Å². The summed E-state index contributed by atoms with van der Waals surface area (Å²) in [6.45, 7) is 5.82. The Morgan fingerprint density at radius 1 is 1.14 bits per heavy atom. The SMILES string of the molecule is Cc1ncc(-c2nnc3n2CC2(CCN(C(=O)c4cnccn4)C2)OC3)c(C)n1. The molecule has 148 valence electrons. The van der Waals surface area contributed by atoms with Crippen LogP contribution in [0.1, 0.15) is 34.3 Å². The summed E-state index contributed by atoms with van der Waals surface area (Å²) in [4.78, 5) is 31.4. The molecule has 3 aromatic heterocycles. The number of rotatable bonds is 2. The van der Waals surface area contributed by atoms with Crippen LogP contribution in [0.25, 0.3) is 11.4 Å². The molecule has 29 heavy (non-hydrogen) atoms. The van der Waals surface area contributed by atoms with Gasteiger partial charge in [-0.2, -0.15) is 0 Å². The predicted molar refractivity (Wildman–Crippen MR) is 101 cm³/mol. The van der Waals surface area contributed by atoms with Crippen LogP contribution in [-0.4, -0.2) is 64.2 Å². The summed E-state index contributed by atoms with van der Waals surface area (Å²) < 4.78 is 8.25. The first-order chi connectivity index (χ1) is 14.0.